The van der Waals surface area contributed by atoms with E-state index in [1.165, 1.54) is 0 Å². The second-order valence-corrected chi connectivity index (χ2v) is 2.14. The van der Waals surface area contributed by atoms with Gasteiger partial charge in [-0.25, -0.2) is 0 Å². The van der Waals surface area contributed by atoms with Gasteiger partial charge in [0, 0.05) is 24.9 Å². The monoisotopic (exact) mass is 138 g/mol. The van der Waals surface area contributed by atoms with Gasteiger partial charge >= 0.3 is 0 Å². The van der Waals surface area contributed by atoms with Gasteiger partial charge in [0.2, 0.25) is 0 Å². The van der Waals surface area contributed by atoms with Gasteiger partial charge in [-0.2, -0.15) is 0 Å². The molecule has 10 heavy (non-hydrogen) atoms. The summed E-state index contributed by atoms with van der Waals surface area (Å²) in [6, 6.07) is 0. The zero-order chi connectivity index (χ0) is 7.98. The van der Waals surface area contributed by atoms with Crippen molar-refractivity contribution in [3.63, 3.8) is 0 Å². The first-order chi connectivity index (χ1) is 4.66. The lowest BCUT2D eigenvalue weighted by molar-refractivity contribution is 1.32. The predicted octanol–water partition coefficient (Wildman–Crippen LogP) is 1.50. The van der Waals surface area contributed by atoms with Crippen molar-refractivity contribution < 1.29 is 0 Å². The Bertz CT molecular complexity index is 166. The van der Waals surface area contributed by atoms with Crippen LogP contribution < -0.4 is 5.73 Å². The summed E-state index contributed by atoms with van der Waals surface area (Å²) in [7, 11) is 1.78. The van der Waals surface area contributed by atoms with E-state index in [2.05, 4.69) is 11.6 Å². The number of nitrogens with zero attached hydrogens (tertiary/aromatic N) is 1. The maximum Gasteiger partial charge on any atom is 0.0276 e. The molecule has 0 aliphatic rings. The summed E-state index contributed by atoms with van der Waals surface area (Å²) in [5.74, 6) is 0. The second kappa shape index (κ2) is 4.79. The summed E-state index contributed by atoms with van der Waals surface area (Å²) >= 11 is 0. The van der Waals surface area contributed by atoms with Crippen LogP contribution in [-0.4, -0.2) is 12.8 Å². The standard InChI is InChI=1S/C8H14N2/c1-7(9)5-4-6-8(2)10-3/h4-5H,1,6,9H2,2-3H3/b5-4-,10-8-. The largest absolute Gasteiger partial charge is 0.399 e. The first-order valence-corrected chi connectivity index (χ1v) is 3.20. The molecule has 0 bridgehead atoms. The summed E-state index contributed by atoms with van der Waals surface area (Å²) in [6.45, 7) is 5.50. The minimum atomic E-state index is 0.587. The van der Waals surface area contributed by atoms with Crippen LogP contribution in [0.5, 0.6) is 0 Å². The highest BCUT2D eigenvalue weighted by molar-refractivity contribution is 5.83. The van der Waals surface area contributed by atoms with Gasteiger partial charge in [-0.05, 0) is 13.0 Å². The zero-order valence-corrected chi connectivity index (χ0v) is 6.59. The van der Waals surface area contributed by atoms with Crippen LogP contribution in [-0.2, 0) is 0 Å². The first kappa shape index (κ1) is 8.95. The lowest BCUT2D eigenvalue weighted by Gasteiger charge is -1.90. The SMILES string of the molecule is C=C(N)/C=C\C/C(C)=N\C. The molecule has 0 amide bonds. The lowest BCUT2D eigenvalue weighted by atomic mass is 10.2. The van der Waals surface area contributed by atoms with Crippen molar-refractivity contribution in [1.29, 1.82) is 0 Å². The number of rotatable bonds is 3. The summed E-state index contributed by atoms with van der Waals surface area (Å²) in [5, 5.41) is 0. The molecule has 0 saturated heterocycles. The fourth-order valence-electron chi connectivity index (χ4n) is 0.472. The van der Waals surface area contributed by atoms with Gasteiger partial charge in [0.25, 0.3) is 0 Å². The highest BCUT2D eigenvalue weighted by atomic mass is 14.7. The third-order valence-corrected chi connectivity index (χ3v) is 1.13. The Labute approximate surface area is 62.1 Å². The molecular formula is C8H14N2. The van der Waals surface area contributed by atoms with E-state index in [4.69, 9.17) is 5.73 Å². The van der Waals surface area contributed by atoms with E-state index in [1.54, 1.807) is 13.1 Å². The van der Waals surface area contributed by atoms with Crippen LogP contribution >= 0.6 is 0 Å². The Morgan fingerprint density at radius 3 is 2.70 bits per heavy atom. The molecule has 0 unspecified atom stereocenters. The molecular weight excluding hydrogens is 124 g/mol. The summed E-state index contributed by atoms with van der Waals surface area (Å²) < 4.78 is 0. The quantitative estimate of drug-likeness (QED) is 0.465. The van der Waals surface area contributed by atoms with Crippen LogP contribution in [0.15, 0.2) is 29.4 Å². The van der Waals surface area contributed by atoms with Crippen LogP contribution in [0.4, 0.5) is 0 Å². The highest BCUT2D eigenvalue weighted by Gasteiger charge is 1.82. The average Bonchev–Trinajstić information content (AvgIpc) is 1.87. The zero-order valence-electron chi connectivity index (χ0n) is 6.59. The molecule has 0 heterocycles. The maximum absolute atomic E-state index is 5.30. The molecule has 0 spiro atoms. The van der Waals surface area contributed by atoms with E-state index in [0.29, 0.717) is 5.70 Å². The van der Waals surface area contributed by atoms with Gasteiger partial charge in [-0.1, -0.05) is 12.7 Å². The van der Waals surface area contributed by atoms with Crippen LogP contribution in [0.1, 0.15) is 13.3 Å². The van der Waals surface area contributed by atoms with E-state index < -0.39 is 0 Å². The Morgan fingerprint density at radius 2 is 2.30 bits per heavy atom. The molecule has 0 rings (SSSR count). The summed E-state index contributed by atoms with van der Waals surface area (Å²) in [5.41, 5.74) is 6.98. The molecule has 0 aromatic rings. The molecule has 0 aromatic heterocycles. The number of nitrogens with two attached hydrogens (primary N) is 1. The Hall–Kier alpha value is -1.05. The average molecular weight is 138 g/mol. The van der Waals surface area contributed by atoms with Crippen molar-refractivity contribution in [3.8, 4) is 0 Å². The van der Waals surface area contributed by atoms with Crippen LogP contribution in [0.2, 0.25) is 0 Å². The Kier molecular flexibility index (Phi) is 4.29. The van der Waals surface area contributed by atoms with Crippen molar-refractivity contribution in [2.45, 2.75) is 13.3 Å². The van der Waals surface area contributed by atoms with E-state index in [1.807, 2.05) is 13.0 Å². The fourth-order valence-corrected chi connectivity index (χ4v) is 0.472. The highest BCUT2D eigenvalue weighted by Crippen LogP contribution is 1.89. The maximum atomic E-state index is 5.30. The number of hydrogen-bond donors (Lipinski definition) is 1. The minimum absolute atomic E-state index is 0.587. The molecule has 0 saturated carbocycles. The van der Waals surface area contributed by atoms with Gasteiger partial charge < -0.3 is 5.73 Å². The van der Waals surface area contributed by atoms with Crippen molar-refractivity contribution in [2.75, 3.05) is 7.05 Å². The van der Waals surface area contributed by atoms with Crippen molar-refractivity contribution >= 4 is 5.71 Å². The topological polar surface area (TPSA) is 38.4 Å². The molecule has 0 radical (unpaired) electrons. The van der Waals surface area contributed by atoms with E-state index in [9.17, 15) is 0 Å². The molecule has 0 atom stereocenters. The molecule has 0 fully saturated rings. The molecule has 0 aliphatic heterocycles. The number of hydrogen-bond acceptors (Lipinski definition) is 2. The third-order valence-electron chi connectivity index (χ3n) is 1.13. The Morgan fingerprint density at radius 1 is 1.70 bits per heavy atom. The summed E-state index contributed by atoms with van der Waals surface area (Å²) in [6.07, 6.45) is 4.59. The number of aliphatic imine (C=N–C) groups is 1. The van der Waals surface area contributed by atoms with Gasteiger partial charge in [-0.15, -0.1) is 0 Å². The molecule has 0 aromatic carbocycles. The van der Waals surface area contributed by atoms with Crippen molar-refractivity contribution in [3.05, 3.63) is 24.4 Å². The molecule has 0 aliphatic carbocycles. The van der Waals surface area contributed by atoms with Gasteiger partial charge in [-0.3, -0.25) is 4.99 Å². The fraction of sp³-hybridized carbons (Fsp3) is 0.375. The van der Waals surface area contributed by atoms with Crippen LogP contribution in [0, 0.1) is 0 Å². The first-order valence-electron chi connectivity index (χ1n) is 3.20. The smallest absolute Gasteiger partial charge is 0.0276 e. The van der Waals surface area contributed by atoms with E-state index >= 15 is 0 Å². The predicted molar refractivity (Wildman–Crippen MR) is 46.1 cm³/mol. The molecule has 2 nitrogen and oxygen atoms in total. The Balaban J connectivity index is 3.64. The number of allylic oxidation sites excluding steroid dienone is 2. The minimum Gasteiger partial charge on any atom is -0.399 e. The molecule has 56 valence electrons. The van der Waals surface area contributed by atoms with Gasteiger partial charge in [0.15, 0.2) is 0 Å². The third kappa shape index (κ3) is 5.09. The summed E-state index contributed by atoms with van der Waals surface area (Å²) in [4.78, 5) is 3.98. The van der Waals surface area contributed by atoms with Gasteiger partial charge in [0.05, 0.1) is 0 Å². The van der Waals surface area contributed by atoms with Gasteiger partial charge in [0.1, 0.15) is 0 Å². The van der Waals surface area contributed by atoms with E-state index in [0.717, 1.165) is 12.1 Å². The van der Waals surface area contributed by atoms with E-state index in [-0.39, 0.29) is 0 Å². The molecule has 2 N–H and O–H groups in total. The van der Waals surface area contributed by atoms with Crippen LogP contribution in [0.25, 0.3) is 0 Å². The van der Waals surface area contributed by atoms with Crippen LogP contribution in [0.3, 0.4) is 0 Å². The second-order valence-electron chi connectivity index (χ2n) is 2.14. The van der Waals surface area contributed by atoms with Crippen molar-refractivity contribution in [1.82, 2.24) is 0 Å². The molecule has 2 heteroatoms. The normalized spacial score (nSPS) is 12.4. The van der Waals surface area contributed by atoms with Crippen molar-refractivity contribution in [2.24, 2.45) is 10.7 Å². The lowest BCUT2D eigenvalue weighted by Crippen LogP contribution is -1.90.